The average molecular weight is 275 g/mol. The second kappa shape index (κ2) is 5.82. The van der Waals surface area contributed by atoms with Crippen molar-refractivity contribution in [2.75, 3.05) is 11.9 Å². The Labute approximate surface area is 111 Å². The van der Waals surface area contributed by atoms with Crippen LogP contribution in [0.15, 0.2) is 24.3 Å². The third kappa shape index (κ3) is 5.96. The molecule has 0 aliphatic carbocycles. The maximum absolute atomic E-state index is 12.4. The molecule has 5 heteroatoms. The van der Waals surface area contributed by atoms with Gasteiger partial charge in [0.25, 0.3) is 0 Å². The van der Waals surface area contributed by atoms with E-state index < -0.39 is 17.8 Å². The van der Waals surface area contributed by atoms with Crippen molar-refractivity contribution in [2.24, 2.45) is 5.41 Å². The van der Waals surface area contributed by atoms with Gasteiger partial charge in [0.1, 0.15) is 0 Å². The minimum absolute atomic E-state index is 0.0151. The lowest BCUT2D eigenvalue weighted by molar-refractivity contribution is -0.137. The zero-order chi connectivity index (χ0) is 14.7. The van der Waals surface area contributed by atoms with E-state index >= 15 is 0 Å². The van der Waals surface area contributed by atoms with Crippen LogP contribution in [0.1, 0.15) is 32.8 Å². The van der Waals surface area contributed by atoms with Gasteiger partial charge in [-0.25, -0.2) is 0 Å². The van der Waals surface area contributed by atoms with Crippen molar-refractivity contribution in [3.63, 3.8) is 0 Å². The van der Waals surface area contributed by atoms with E-state index in [1.54, 1.807) is 0 Å². The highest BCUT2D eigenvalue weighted by Gasteiger charge is 2.29. The lowest BCUT2D eigenvalue weighted by Gasteiger charge is -2.22. The molecule has 19 heavy (non-hydrogen) atoms. The van der Waals surface area contributed by atoms with Gasteiger partial charge in [-0.05, 0) is 36.1 Å². The highest BCUT2D eigenvalue weighted by Crippen LogP contribution is 2.29. The Morgan fingerprint density at radius 1 is 1.11 bits per heavy atom. The van der Waals surface area contributed by atoms with Crippen molar-refractivity contribution in [3.8, 4) is 0 Å². The van der Waals surface area contributed by atoms with E-state index in [-0.39, 0.29) is 5.41 Å². The van der Waals surface area contributed by atoms with Crippen molar-refractivity contribution in [1.82, 2.24) is 0 Å². The fourth-order valence-electron chi connectivity index (χ4n) is 1.79. The number of benzene rings is 1. The van der Waals surface area contributed by atoms with Gasteiger partial charge in [-0.3, -0.25) is 0 Å². The molecule has 0 spiro atoms. The summed E-state index contributed by atoms with van der Waals surface area (Å²) in [5, 5.41) is 12.7. The zero-order valence-corrected chi connectivity index (χ0v) is 11.4. The third-order valence-corrected chi connectivity index (χ3v) is 2.60. The first-order chi connectivity index (χ1) is 8.58. The SMILES string of the molecule is CC(C)(C)CC(O)CNc1ccc(C(F)(F)F)cc1. The molecule has 0 radical (unpaired) electrons. The van der Waals surface area contributed by atoms with Crippen molar-refractivity contribution < 1.29 is 18.3 Å². The first-order valence-electron chi connectivity index (χ1n) is 6.17. The van der Waals surface area contributed by atoms with Gasteiger partial charge in [0.05, 0.1) is 11.7 Å². The molecule has 0 aromatic heterocycles. The summed E-state index contributed by atoms with van der Waals surface area (Å²) in [7, 11) is 0. The lowest BCUT2D eigenvalue weighted by atomic mass is 9.89. The minimum Gasteiger partial charge on any atom is -0.391 e. The Morgan fingerprint density at radius 3 is 2.05 bits per heavy atom. The van der Waals surface area contributed by atoms with E-state index in [0.717, 1.165) is 12.1 Å². The third-order valence-electron chi connectivity index (χ3n) is 2.60. The Hall–Kier alpha value is -1.23. The summed E-state index contributed by atoms with van der Waals surface area (Å²) in [5.74, 6) is 0. The van der Waals surface area contributed by atoms with Gasteiger partial charge < -0.3 is 10.4 Å². The molecule has 0 fully saturated rings. The summed E-state index contributed by atoms with van der Waals surface area (Å²) in [4.78, 5) is 0. The summed E-state index contributed by atoms with van der Waals surface area (Å²) in [5.41, 5.74) is -0.0874. The van der Waals surface area contributed by atoms with Crippen LogP contribution in [-0.2, 0) is 6.18 Å². The Kier molecular flexibility index (Phi) is 4.85. The molecule has 1 unspecified atom stereocenters. The van der Waals surface area contributed by atoms with E-state index in [1.165, 1.54) is 12.1 Å². The van der Waals surface area contributed by atoms with Gasteiger partial charge in [0.2, 0.25) is 0 Å². The van der Waals surface area contributed by atoms with Crippen LogP contribution in [-0.4, -0.2) is 17.8 Å². The van der Waals surface area contributed by atoms with Crippen LogP contribution in [0, 0.1) is 5.41 Å². The molecule has 2 nitrogen and oxygen atoms in total. The van der Waals surface area contributed by atoms with Crippen molar-refractivity contribution >= 4 is 5.69 Å². The topological polar surface area (TPSA) is 32.3 Å². The number of halogens is 3. The second-order valence-electron chi connectivity index (χ2n) is 5.87. The second-order valence-corrected chi connectivity index (χ2v) is 5.87. The number of alkyl halides is 3. The van der Waals surface area contributed by atoms with Gasteiger partial charge in [-0.1, -0.05) is 20.8 Å². The fraction of sp³-hybridized carbons (Fsp3) is 0.571. The number of anilines is 1. The predicted octanol–water partition coefficient (Wildman–Crippen LogP) is 3.91. The molecular formula is C14H20F3NO. The van der Waals surface area contributed by atoms with Crippen LogP contribution in [0.2, 0.25) is 0 Å². The van der Waals surface area contributed by atoms with Gasteiger partial charge in [0.15, 0.2) is 0 Å². The van der Waals surface area contributed by atoms with Crippen LogP contribution >= 0.6 is 0 Å². The quantitative estimate of drug-likeness (QED) is 0.873. The maximum Gasteiger partial charge on any atom is 0.416 e. The number of aliphatic hydroxyl groups is 1. The van der Waals surface area contributed by atoms with E-state index in [9.17, 15) is 18.3 Å². The fourth-order valence-corrected chi connectivity index (χ4v) is 1.79. The molecule has 108 valence electrons. The van der Waals surface area contributed by atoms with E-state index in [2.05, 4.69) is 5.32 Å². The summed E-state index contributed by atoms with van der Waals surface area (Å²) in [6.45, 7) is 6.39. The molecule has 0 bridgehead atoms. The zero-order valence-electron chi connectivity index (χ0n) is 11.4. The highest BCUT2D eigenvalue weighted by molar-refractivity contribution is 5.45. The molecule has 2 N–H and O–H groups in total. The molecule has 0 saturated carbocycles. The molecule has 1 rings (SSSR count). The van der Waals surface area contributed by atoms with Crippen LogP contribution in [0.4, 0.5) is 18.9 Å². The molecule has 1 atom stereocenters. The molecular weight excluding hydrogens is 255 g/mol. The summed E-state index contributed by atoms with van der Waals surface area (Å²) < 4.78 is 37.1. The highest BCUT2D eigenvalue weighted by atomic mass is 19.4. The monoisotopic (exact) mass is 275 g/mol. The maximum atomic E-state index is 12.4. The summed E-state index contributed by atoms with van der Waals surface area (Å²) in [6.07, 6.45) is -4.22. The molecule has 0 aliphatic heterocycles. The predicted molar refractivity (Wildman–Crippen MR) is 70.0 cm³/mol. The van der Waals surface area contributed by atoms with Crippen molar-refractivity contribution in [2.45, 2.75) is 39.5 Å². The van der Waals surface area contributed by atoms with Gasteiger partial charge >= 0.3 is 6.18 Å². The molecule has 1 aromatic rings. The molecule has 0 aliphatic rings. The molecule has 0 heterocycles. The average Bonchev–Trinajstić information content (AvgIpc) is 2.23. The molecule has 1 aromatic carbocycles. The van der Waals surface area contributed by atoms with E-state index in [0.29, 0.717) is 18.7 Å². The van der Waals surface area contributed by atoms with Crippen molar-refractivity contribution in [1.29, 1.82) is 0 Å². The molecule has 0 saturated heterocycles. The van der Waals surface area contributed by atoms with Gasteiger partial charge in [0, 0.05) is 12.2 Å². The standard InChI is InChI=1S/C14H20F3NO/c1-13(2,3)8-12(19)9-18-11-6-4-10(5-7-11)14(15,16)17/h4-7,12,18-19H,8-9H2,1-3H3. The summed E-state index contributed by atoms with van der Waals surface area (Å²) in [6, 6.07) is 4.79. The van der Waals surface area contributed by atoms with Crippen LogP contribution in [0.5, 0.6) is 0 Å². The van der Waals surface area contributed by atoms with Gasteiger partial charge in [-0.15, -0.1) is 0 Å². The van der Waals surface area contributed by atoms with E-state index in [4.69, 9.17) is 0 Å². The lowest BCUT2D eigenvalue weighted by Crippen LogP contribution is -2.25. The summed E-state index contributed by atoms with van der Waals surface area (Å²) >= 11 is 0. The minimum atomic E-state index is -4.32. The largest absolute Gasteiger partial charge is 0.416 e. The smallest absolute Gasteiger partial charge is 0.391 e. The van der Waals surface area contributed by atoms with Crippen molar-refractivity contribution in [3.05, 3.63) is 29.8 Å². The first kappa shape index (κ1) is 15.8. The number of aliphatic hydroxyl groups excluding tert-OH is 1. The normalized spacial score (nSPS) is 14.3. The molecule has 0 amide bonds. The Bertz CT molecular complexity index is 393. The number of rotatable bonds is 4. The number of hydrogen-bond acceptors (Lipinski definition) is 2. The van der Waals surface area contributed by atoms with Crippen LogP contribution in [0.25, 0.3) is 0 Å². The Morgan fingerprint density at radius 2 is 1.63 bits per heavy atom. The van der Waals surface area contributed by atoms with E-state index in [1.807, 2.05) is 20.8 Å². The van der Waals surface area contributed by atoms with Gasteiger partial charge in [-0.2, -0.15) is 13.2 Å². The number of hydrogen-bond donors (Lipinski definition) is 2. The first-order valence-corrected chi connectivity index (χ1v) is 6.17. The van der Waals surface area contributed by atoms with Crippen LogP contribution in [0.3, 0.4) is 0 Å². The van der Waals surface area contributed by atoms with Crippen LogP contribution < -0.4 is 5.32 Å². The number of nitrogens with one attached hydrogen (secondary N) is 1. The Balaban J connectivity index is 2.51.